The average molecular weight is 462 g/mol. The molecular formula is C17H15ClF3N5OS2. The van der Waals surface area contributed by atoms with Crippen LogP contribution in [0.3, 0.4) is 0 Å². The van der Waals surface area contributed by atoms with Crippen molar-refractivity contribution < 1.29 is 18.0 Å². The zero-order valence-electron chi connectivity index (χ0n) is 15.0. The molecule has 1 amide bonds. The van der Waals surface area contributed by atoms with Crippen molar-refractivity contribution in [2.45, 2.75) is 36.5 Å². The number of carbonyl (C=O) groups excluding carboxylic acids is 1. The first-order valence-electron chi connectivity index (χ1n) is 8.37. The third kappa shape index (κ3) is 5.71. The summed E-state index contributed by atoms with van der Waals surface area (Å²) in [5.74, 6) is -0.474. The molecule has 0 aliphatic heterocycles. The molecule has 0 fully saturated rings. The van der Waals surface area contributed by atoms with Crippen LogP contribution in [0.2, 0.25) is 5.02 Å². The number of alkyl halides is 3. The first kappa shape index (κ1) is 21.6. The summed E-state index contributed by atoms with van der Waals surface area (Å²) >= 11 is 8.35. The maximum atomic E-state index is 13.0. The highest BCUT2D eigenvalue weighted by Gasteiger charge is 2.33. The van der Waals surface area contributed by atoms with Crippen LogP contribution >= 0.6 is 34.7 Å². The number of hydrogen-bond donors (Lipinski definition) is 1. The smallest absolute Gasteiger partial charge is 0.325 e. The van der Waals surface area contributed by atoms with E-state index in [1.165, 1.54) is 10.9 Å². The van der Waals surface area contributed by atoms with E-state index in [1.54, 1.807) is 22.9 Å². The van der Waals surface area contributed by atoms with Crippen LogP contribution in [0.25, 0.3) is 0 Å². The lowest BCUT2D eigenvalue weighted by Crippen LogP contribution is -2.23. The summed E-state index contributed by atoms with van der Waals surface area (Å²) in [6.07, 6.45) is -3.86. The van der Waals surface area contributed by atoms with E-state index in [1.807, 2.05) is 17.5 Å². The van der Waals surface area contributed by atoms with Gasteiger partial charge >= 0.3 is 6.18 Å². The maximum Gasteiger partial charge on any atom is 0.417 e. The zero-order chi connectivity index (χ0) is 21.0. The van der Waals surface area contributed by atoms with Gasteiger partial charge in [0.15, 0.2) is 0 Å². The van der Waals surface area contributed by atoms with Gasteiger partial charge in [-0.3, -0.25) is 4.79 Å². The first-order chi connectivity index (χ1) is 13.7. The Balaban J connectivity index is 1.62. The lowest BCUT2D eigenvalue weighted by Gasteiger charge is -2.14. The summed E-state index contributed by atoms with van der Waals surface area (Å²) in [6, 6.07) is 7.20. The van der Waals surface area contributed by atoms with E-state index in [0.29, 0.717) is 11.7 Å². The highest BCUT2D eigenvalue weighted by molar-refractivity contribution is 8.00. The third-order valence-corrected chi connectivity index (χ3v) is 6.18. The van der Waals surface area contributed by atoms with Crippen molar-refractivity contribution in [2.24, 2.45) is 0 Å². The van der Waals surface area contributed by atoms with Gasteiger partial charge in [-0.05, 0) is 47.0 Å². The average Bonchev–Trinajstić information content (AvgIpc) is 3.32. The van der Waals surface area contributed by atoms with Gasteiger partial charge in [0.2, 0.25) is 11.1 Å². The van der Waals surface area contributed by atoms with Crippen LogP contribution in [0.4, 0.5) is 18.9 Å². The van der Waals surface area contributed by atoms with Gasteiger partial charge in [-0.15, -0.1) is 16.4 Å². The SMILES string of the molecule is C[C@H](Sc1nnnn1CCc1cccs1)C(=O)Nc1ccc(Cl)c(C(F)(F)F)c1. The lowest BCUT2D eigenvalue weighted by atomic mass is 10.2. The predicted molar refractivity (Wildman–Crippen MR) is 106 cm³/mol. The molecule has 3 aromatic rings. The molecule has 0 spiro atoms. The van der Waals surface area contributed by atoms with E-state index in [9.17, 15) is 18.0 Å². The number of tetrazole rings is 1. The van der Waals surface area contributed by atoms with E-state index in [2.05, 4.69) is 20.8 Å². The van der Waals surface area contributed by atoms with Crippen LogP contribution in [-0.4, -0.2) is 31.4 Å². The van der Waals surface area contributed by atoms with Crippen molar-refractivity contribution >= 4 is 46.3 Å². The number of amides is 1. The molecule has 3 rings (SSSR count). The van der Waals surface area contributed by atoms with E-state index in [0.717, 1.165) is 30.3 Å². The largest absolute Gasteiger partial charge is 0.417 e. The Bertz CT molecular complexity index is 978. The summed E-state index contributed by atoms with van der Waals surface area (Å²) < 4.78 is 40.5. The van der Waals surface area contributed by atoms with Gasteiger partial charge in [-0.2, -0.15) is 13.2 Å². The Labute approximate surface area is 177 Å². The Morgan fingerprint density at radius 2 is 2.17 bits per heavy atom. The summed E-state index contributed by atoms with van der Waals surface area (Å²) in [7, 11) is 0. The van der Waals surface area contributed by atoms with Gasteiger partial charge in [0.05, 0.1) is 22.4 Å². The molecule has 0 bridgehead atoms. The number of halogens is 4. The fourth-order valence-corrected chi connectivity index (χ4v) is 4.11. The Hall–Kier alpha value is -2.11. The number of rotatable bonds is 7. The Morgan fingerprint density at radius 3 is 2.86 bits per heavy atom. The van der Waals surface area contributed by atoms with Gasteiger partial charge in [0, 0.05) is 17.0 Å². The number of aryl methyl sites for hydroxylation is 2. The topological polar surface area (TPSA) is 72.7 Å². The molecule has 0 saturated carbocycles. The van der Waals surface area contributed by atoms with Crippen LogP contribution in [0.5, 0.6) is 0 Å². The second-order valence-corrected chi connectivity index (χ2v) is 8.70. The lowest BCUT2D eigenvalue weighted by molar-refractivity contribution is -0.137. The standard InChI is InChI=1S/C17H15ClF3N5OS2/c1-10(15(27)22-11-4-5-14(18)13(9-11)17(19,20)21)29-16-23-24-25-26(16)7-6-12-3-2-8-28-12/h2-5,8-10H,6-7H2,1H3,(H,22,27)/t10-/m0/s1. The molecule has 0 radical (unpaired) electrons. The molecule has 29 heavy (non-hydrogen) atoms. The molecule has 1 atom stereocenters. The summed E-state index contributed by atoms with van der Waals surface area (Å²) in [5.41, 5.74) is -0.994. The summed E-state index contributed by atoms with van der Waals surface area (Å²) in [4.78, 5) is 13.6. The van der Waals surface area contributed by atoms with Gasteiger partial charge in [0.1, 0.15) is 0 Å². The zero-order valence-corrected chi connectivity index (χ0v) is 17.4. The first-order valence-corrected chi connectivity index (χ1v) is 10.5. The van der Waals surface area contributed by atoms with Gasteiger partial charge in [-0.25, -0.2) is 4.68 Å². The Kier molecular flexibility index (Phi) is 6.81. The molecule has 12 heteroatoms. The predicted octanol–water partition coefficient (Wildman–Crippen LogP) is 4.77. The van der Waals surface area contributed by atoms with Crippen LogP contribution in [-0.2, 0) is 23.9 Å². The van der Waals surface area contributed by atoms with Crippen molar-refractivity contribution in [2.75, 3.05) is 5.32 Å². The van der Waals surface area contributed by atoms with Crippen molar-refractivity contribution in [3.63, 3.8) is 0 Å². The quantitative estimate of drug-likeness (QED) is 0.513. The molecule has 0 unspecified atom stereocenters. The molecule has 0 saturated heterocycles. The van der Waals surface area contributed by atoms with E-state index < -0.39 is 27.9 Å². The van der Waals surface area contributed by atoms with Crippen molar-refractivity contribution in [1.82, 2.24) is 20.2 Å². The fraction of sp³-hybridized carbons (Fsp3) is 0.294. The molecule has 154 valence electrons. The number of nitrogens with one attached hydrogen (secondary N) is 1. The monoisotopic (exact) mass is 461 g/mol. The second kappa shape index (κ2) is 9.14. The number of benzene rings is 1. The Morgan fingerprint density at radius 1 is 1.38 bits per heavy atom. The number of hydrogen-bond acceptors (Lipinski definition) is 6. The molecule has 0 aliphatic carbocycles. The van der Waals surface area contributed by atoms with Crippen LogP contribution in [0, 0.1) is 0 Å². The molecule has 2 aromatic heterocycles. The van der Waals surface area contributed by atoms with E-state index in [4.69, 9.17) is 11.6 Å². The van der Waals surface area contributed by atoms with Gasteiger partial charge < -0.3 is 5.32 Å². The molecule has 1 N–H and O–H groups in total. The summed E-state index contributed by atoms with van der Waals surface area (Å²) in [6.45, 7) is 2.18. The molecular weight excluding hydrogens is 447 g/mol. The highest BCUT2D eigenvalue weighted by atomic mass is 35.5. The second-order valence-electron chi connectivity index (χ2n) is 5.96. The molecule has 1 aromatic carbocycles. The van der Waals surface area contributed by atoms with Crippen molar-refractivity contribution in [1.29, 1.82) is 0 Å². The number of aromatic nitrogens is 4. The van der Waals surface area contributed by atoms with Gasteiger partial charge in [-0.1, -0.05) is 29.4 Å². The van der Waals surface area contributed by atoms with Crippen LogP contribution in [0.1, 0.15) is 17.4 Å². The maximum absolute atomic E-state index is 13.0. The fourth-order valence-electron chi connectivity index (χ4n) is 2.37. The van der Waals surface area contributed by atoms with E-state index >= 15 is 0 Å². The molecule has 2 heterocycles. The minimum Gasteiger partial charge on any atom is -0.325 e. The normalized spacial score (nSPS) is 12.7. The summed E-state index contributed by atoms with van der Waals surface area (Å²) in [5, 5.41) is 15.3. The number of thioether (sulfide) groups is 1. The number of nitrogens with zero attached hydrogens (tertiary/aromatic N) is 4. The minimum atomic E-state index is -4.61. The number of carbonyl (C=O) groups is 1. The molecule has 0 aliphatic rings. The van der Waals surface area contributed by atoms with Gasteiger partial charge in [0.25, 0.3) is 0 Å². The van der Waals surface area contributed by atoms with Crippen molar-refractivity contribution in [3.05, 3.63) is 51.2 Å². The highest BCUT2D eigenvalue weighted by Crippen LogP contribution is 2.36. The van der Waals surface area contributed by atoms with E-state index in [-0.39, 0.29) is 5.69 Å². The number of anilines is 1. The minimum absolute atomic E-state index is 0.0106. The van der Waals surface area contributed by atoms with Crippen LogP contribution in [0.15, 0.2) is 40.9 Å². The third-order valence-electron chi connectivity index (χ3n) is 3.84. The molecule has 6 nitrogen and oxygen atoms in total. The van der Waals surface area contributed by atoms with Crippen molar-refractivity contribution in [3.8, 4) is 0 Å². The number of thiophene rings is 1. The van der Waals surface area contributed by atoms with Crippen LogP contribution < -0.4 is 5.32 Å².